The second kappa shape index (κ2) is 7.39. The number of benzene rings is 1. The first-order chi connectivity index (χ1) is 13.3. The highest BCUT2D eigenvalue weighted by Crippen LogP contribution is 2.46. The monoisotopic (exact) mass is 418 g/mol. The molecular formula is C20H23ClN4O2S. The number of nitrogens with one attached hydrogen (secondary N) is 2. The smallest absolute Gasteiger partial charge is 0.324 e. The maximum Gasteiger partial charge on any atom is 0.324 e. The van der Waals surface area contributed by atoms with Gasteiger partial charge in [0.1, 0.15) is 5.00 Å². The molecule has 1 saturated carbocycles. The van der Waals surface area contributed by atoms with Crippen molar-refractivity contribution in [3.63, 3.8) is 0 Å². The average molecular weight is 419 g/mol. The number of nitrogens with zero attached hydrogens (tertiary/aromatic N) is 1. The molecule has 148 valence electrons. The Morgan fingerprint density at radius 2 is 1.96 bits per heavy atom. The Bertz CT molecular complexity index is 921. The summed E-state index contributed by atoms with van der Waals surface area (Å²) in [5.74, 6) is -0.498. The number of fused-ring (bicyclic) bond motifs is 1. The van der Waals surface area contributed by atoms with Gasteiger partial charge in [-0.2, -0.15) is 0 Å². The van der Waals surface area contributed by atoms with E-state index in [2.05, 4.69) is 22.5 Å². The number of hydrogen-bond donors (Lipinski definition) is 3. The Morgan fingerprint density at radius 1 is 1.25 bits per heavy atom. The molecule has 0 bridgehead atoms. The van der Waals surface area contributed by atoms with Gasteiger partial charge in [-0.1, -0.05) is 18.5 Å². The minimum Gasteiger partial charge on any atom is -0.365 e. The lowest BCUT2D eigenvalue weighted by Crippen LogP contribution is -2.34. The summed E-state index contributed by atoms with van der Waals surface area (Å²) in [5, 5.41) is 6.66. The van der Waals surface area contributed by atoms with E-state index in [0.29, 0.717) is 26.7 Å². The van der Waals surface area contributed by atoms with Gasteiger partial charge in [-0.15, -0.1) is 11.3 Å². The zero-order valence-corrected chi connectivity index (χ0v) is 17.3. The summed E-state index contributed by atoms with van der Waals surface area (Å²) in [5.41, 5.74) is 8.14. The third-order valence-corrected chi connectivity index (χ3v) is 6.80. The Balaban J connectivity index is 1.50. The fourth-order valence-corrected chi connectivity index (χ4v) is 5.07. The number of halogens is 1. The van der Waals surface area contributed by atoms with E-state index in [9.17, 15) is 9.59 Å². The standard InChI is InChI=1S/C20H23ClN4O2S/c1-20(7-8-20)11-25-9-6-14-15(10-25)28-18(16(14)17(22)26)24-19(27)23-13-4-2-12(21)3-5-13/h2-5H,6-11H2,1H3,(H2,22,26)(H2,23,24,27). The largest absolute Gasteiger partial charge is 0.365 e. The van der Waals surface area contributed by atoms with Crippen LogP contribution in [0.2, 0.25) is 5.02 Å². The first-order valence-electron chi connectivity index (χ1n) is 9.33. The molecule has 0 spiro atoms. The van der Waals surface area contributed by atoms with Crippen molar-refractivity contribution in [2.45, 2.75) is 32.7 Å². The molecule has 1 aromatic heterocycles. The highest BCUT2D eigenvalue weighted by atomic mass is 35.5. The molecule has 8 heteroatoms. The molecule has 2 aromatic rings. The first-order valence-corrected chi connectivity index (χ1v) is 10.5. The lowest BCUT2D eigenvalue weighted by atomic mass is 10.0. The molecule has 28 heavy (non-hydrogen) atoms. The minimum atomic E-state index is -0.498. The molecule has 2 aliphatic rings. The second-order valence-corrected chi connectivity index (χ2v) is 9.47. The van der Waals surface area contributed by atoms with Crippen LogP contribution in [-0.4, -0.2) is 29.9 Å². The van der Waals surface area contributed by atoms with Gasteiger partial charge >= 0.3 is 6.03 Å². The van der Waals surface area contributed by atoms with Gasteiger partial charge in [0, 0.05) is 35.2 Å². The molecule has 4 N–H and O–H groups in total. The molecular weight excluding hydrogens is 396 g/mol. The molecule has 0 unspecified atom stereocenters. The van der Waals surface area contributed by atoms with Crippen LogP contribution < -0.4 is 16.4 Å². The van der Waals surface area contributed by atoms with Gasteiger partial charge in [0.15, 0.2) is 0 Å². The number of rotatable bonds is 5. The van der Waals surface area contributed by atoms with Gasteiger partial charge in [-0.05, 0) is 54.5 Å². The van der Waals surface area contributed by atoms with E-state index < -0.39 is 11.9 Å². The van der Waals surface area contributed by atoms with E-state index in [1.165, 1.54) is 24.2 Å². The highest BCUT2D eigenvalue weighted by Gasteiger charge is 2.39. The van der Waals surface area contributed by atoms with Crippen LogP contribution in [0.15, 0.2) is 24.3 Å². The Kier molecular flexibility index (Phi) is 5.07. The number of carbonyl (C=O) groups is 2. The van der Waals surface area contributed by atoms with Crippen LogP contribution in [0.5, 0.6) is 0 Å². The highest BCUT2D eigenvalue weighted by molar-refractivity contribution is 7.17. The van der Waals surface area contributed by atoms with E-state index >= 15 is 0 Å². The van der Waals surface area contributed by atoms with Gasteiger partial charge in [-0.25, -0.2) is 4.79 Å². The van der Waals surface area contributed by atoms with Crippen molar-refractivity contribution in [1.82, 2.24) is 4.90 Å². The second-order valence-electron chi connectivity index (χ2n) is 7.93. The van der Waals surface area contributed by atoms with Crippen molar-refractivity contribution in [1.29, 1.82) is 0 Å². The van der Waals surface area contributed by atoms with Crippen LogP contribution >= 0.6 is 22.9 Å². The zero-order valence-electron chi connectivity index (χ0n) is 15.7. The molecule has 1 aliphatic carbocycles. The summed E-state index contributed by atoms with van der Waals surface area (Å²) in [6.45, 7) is 5.11. The summed E-state index contributed by atoms with van der Waals surface area (Å²) >= 11 is 7.31. The van der Waals surface area contributed by atoms with Gasteiger partial charge < -0.3 is 11.1 Å². The van der Waals surface area contributed by atoms with E-state index in [1.807, 2.05) is 0 Å². The van der Waals surface area contributed by atoms with Crippen molar-refractivity contribution < 1.29 is 9.59 Å². The fraction of sp³-hybridized carbons (Fsp3) is 0.400. The maximum absolute atomic E-state index is 12.4. The third-order valence-electron chi connectivity index (χ3n) is 5.42. The lowest BCUT2D eigenvalue weighted by molar-refractivity contribution is 0.0999. The molecule has 1 aliphatic heterocycles. The number of hydrogen-bond acceptors (Lipinski definition) is 4. The molecule has 0 atom stereocenters. The number of carbonyl (C=O) groups excluding carboxylic acids is 2. The van der Waals surface area contributed by atoms with Gasteiger partial charge in [0.25, 0.3) is 5.91 Å². The number of anilines is 2. The summed E-state index contributed by atoms with van der Waals surface area (Å²) in [6.07, 6.45) is 3.34. The van der Waals surface area contributed by atoms with Crippen molar-refractivity contribution in [3.8, 4) is 0 Å². The number of primary amides is 1. The molecule has 2 heterocycles. The van der Waals surface area contributed by atoms with Gasteiger partial charge in [0.2, 0.25) is 0 Å². The van der Waals surface area contributed by atoms with Crippen LogP contribution in [0.3, 0.4) is 0 Å². The zero-order chi connectivity index (χ0) is 19.9. The maximum atomic E-state index is 12.4. The fourth-order valence-electron chi connectivity index (χ4n) is 3.65. The normalized spacial score (nSPS) is 17.6. The molecule has 0 saturated heterocycles. The molecule has 0 radical (unpaired) electrons. The summed E-state index contributed by atoms with van der Waals surface area (Å²) in [6, 6.07) is 6.42. The van der Waals surface area contributed by atoms with Gasteiger partial charge in [-0.3, -0.25) is 15.0 Å². The van der Waals surface area contributed by atoms with Gasteiger partial charge in [0.05, 0.1) is 5.56 Å². The molecule has 1 fully saturated rings. The summed E-state index contributed by atoms with van der Waals surface area (Å²) in [4.78, 5) is 28.0. The van der Waals surface area contributed by atoms with Crippen LogP contribution in [0.1, 0.15) is 40.6 Å². The predicted molar refractivity (Wildman–Crippen MR) is 113 cm³/mol. The number of urea groups is 1. The number of thiophene rings is 1. The van der Waals surface area contributed by atoms with Crippen molar-refractivity contribution in [2.24, 2.45) is 11.1 Å². The van der Waals surface area contributed by atoms with Crippen molar-refractivity contribution >= 4 is 45.6 Å². The Morgan fingerprint density at radius 3 is 2.61 bits per heavy atom. The number of amides is 3. The molecule has 4 rings (SSSR count). The average Bonchev–Trinajstić information content (AvgIpc) is 3.23. The lowest BCUT2D eigenvalue weighted by Gasteiger charge is -2.29. The van der Waals surface area contributed by atoms with Crippen LogP contribution in [0.4, 0.5) is 15.5 Å². The Hall–Kier alpha value is -2.09. The van der Waals surface area contributed by atoms with Crippen LogP contribution in [0.25, 0.3) is 0 Å². The van der Waals surface area contributed by atoms with E-state index in [4.69, 9.17) is 17.3 Å². The first kappa shape index (κ1) is 19.2. The SMILES string of the molecule is CC1(CN2CCc3c(sc(NC(=O)Nc4ccc(Cl)cc4)c3C(N)=O)C2)CC1. The van der Waals surface area contributed by atoms with E-state index in [0.717, 1.165) is 36.5 Å². The van der Waals surface area contributed by atoms with E-state index in [1.54, 1.807) is 24.3 Å². The van der Waals surface area contributed by atoms with Crippen molar-refractivity contribution in [2.75, 3.05) is 23.7 Å². The quantitative estimate of drug-likeness (QED) is 0.676. The molecule has 3 amide bonds. The van der Waals surface area contributed by atoms with Crippen LogP contribution in [-0.2, 0) is 13.0 Å². The van der Waals surface area contributed by atoms with Crippen LogP contribution in [0, 0.1) is 5.41 Å². The molecule has 6 nitrogen and oxygen atoms in total. The predicted octanol–water partition coefficient (Wildman–Crippen LogP) is 4.30. The van der Waals surface area contributed by atoms with Crippen molar-refractivity contribution in [3.05, 3.63) is 45.3 Å². The molecule has 1 aromatic carbocycles. The summed E-state index contributed by atoms with van der Waals surface area (Å²) in [7, 11) is 0. The minimum absolute atomic E-state index is 0.411. The Labute approximate surface area is 173 Å². The number of nitrogens with two attached hydrogens (primary N) is 1. The topological polar surface area (TPSA) is 87.5 Å². The third kappa shape index (κ3) is 4.16. The van der Waals surface area contributed by atoms with E-state index in [-0.39, 0.29) is 0 Å². The summed E-state index contributed by atoms with van der Waals surface area (Å²) < 4.78 is 0.